The first-order valence-corrected chi connectivity index (χ1v) is 8.20. The summed E-state index contributed by atoms with van der Waals surface area (Å²) in [5.74, 6) is 0.413. The number of thiophene rings is 1. The molecule has 0 aliphatic heterocycles. The SMILES string of the molecule is O=C(NCCSc1ccc(Cl)cc1)c1csc([N+](=O)[O-])c1. The van der Waals surface area contributed by atoms with Crippen molar-refractivity contribution in [2.24, 2.45) is 0 Å². The number of rotatable bonds is 6. The summed E-state index contributed by atoms with van der Waals surface area (Å²) in [6.45, 7) is 0.482. The van der Waals surface area contributed by atoms with Crippen LogP contribution < -0.4 is 5.32 Å². The van der Waals surface area contributed by atoms with Crippen molar-refractivity contribution >= 4 is 45.6 Å². The van der Waals surface area contributed by atoms with E-state index in [2.05, 4.69) is 5.32 Å². The van der Waals surface area contributed by atoms with Gasteiger partial charge in [0.05, 0.1) is 10.5 Å². The Labute approximate surface area is 134 Å². The molecule has 1 aromatic carbocycles. The summed E-state index contributed by atoms with van der Waals surface area (Å²) >= 11 is 8.34. The Bertz CT molecular complexity index is 643. The van der Waals surface area contributed by atoms with Gasteiger partial charge in [0.1, 0.15) is 0 Å². The van der Waals surface area contributed by atoms with Crippen LogP contribution in [0.2, 0.25) is 5.02 Å². The molecular formula is C13H11ClN2O3S2. The van der Waals surface area contributed by atoms with Gasteiger partial charge in [-0.1, -0.05) is 22.9 Å². The normalized spacial score (nSPS) is 10.3. The van der Waals surface area contributed by atoms with E-state index in [-0.39, 0.29) is 10.9 Å². The third kappa shape index (κ3) is 4.73. The first-order chi connectivity index (χ1) is 10.1. The van der Waals surface area contributed by atoms with E-state index in [0.717, 1.165) is 16.2 Å². The van der Waals surface area contributed by atoms with Gasteiger partial charge < -0.3 is 5.32 Å². The summed E-state index contributed by atoms with van der Waals surface area (Å²) in [7, 11) is 0. The van der Waals surface area contributed by atoms with Crippen molar-refractivity contribution < 1.29 is 9.72 Å². The Morgan fingerprint density at radius 1 is 1.38 bits per heavy atom. The van der Waals surface area contributed by atoms with Crippen LogP contribution >= 0.6 is 34.7 Å². The fraction of sp³-hybridized carbons (Fsp3) is 0.154. The molecule has 0 fully saturated rings. The zero-order valence-electron chi connectivity index (χ0n) is 10.7. The second-order valence-corrected chi connectivity index (χ2v) is 6.48. The van der Waals surface area contributed by atoms with E-state index < -0.39 is 4.92 Å². The minimum Gasteiger partial charge on any atom is -0.351 e. The molecule has 0 radical (unpaired) electrons. The van der Waals surface area contributed by atoms with Crippen LogP contribution in [0.4, 0.5) is 5.00 Å². The molecule has 2 rings (SSSR count). The highest BCUT2D eigenvalue weighted by molar-refractivity contribution is 7.99. The number of benzene rings is 1. The number of amides is 1. The van der Waals surface area contributed by atoms with Crippen molar-refractivity contribution in [1.82, 2.24) is 5.32 Å². The molecule has 0 unspecified atom stereocenters. The van der Waals surface area contributed by atoms with Crippen LogP contribution in [0.1, 0.15) is 10.4 Å². The standard InChI is InChI=1S/C13H11ClN2O3S2/c14-10-1-3-11(4-2-10)20-6-5-15-13(17)9-7-12(16(18)19)21-8-9/h1-4,7-8H,5-6H2,(H,15,17). The fourth-order valence-electron chi connectivity index (χ4n) is 1.51. The third-order valence-electron chi connectivity index (χ3n) is 2.50. The average molecular weight is 343 g/mol. The molecule has 0 aliphatic rings. The first-order valence-electron chi connectivity index (χ1n) is 5.96. The molecule has 110 valence electrons. The van der Waals surface area contributed by atoms with Crippen LogP contribution in [-0.2, 0) is 0 Å². The van der Waals surface area contributed by atoms with E-state index in [1.165, 1.54) is 11.4 Å². The molecule has 2 aromatic rings. The van der Waals surface area contributed by atoms with Crippen molar-refractivity contribution in [3.8, 4) is 0 Å². The number of halogens is 1. The first kappa shape index (κ1) is 15.8. The van der Waals surface area contributed by atoms with E-state index in [4.69, 9.17) is 11.6 Å². The lowest BCUT2D eigenvalue weighted by atomic mass is 10.3. The second kappa shape index (κ2) is 7.44. The maximum atomic E-state index is 11.8. The van der Waals surface area contributed by atoms with Crippen molar-refractivity contribution in [3.63, 3.8) is 0 Å². The second-order valence-electron chi connectivity index (χ2n) is 3.99. The Morgan fingerprint density at radius 2 is 2.10 bits per heavy atom. The predicted octanol–water partition coefficient (Wildman–Crippen LogP) is 3.83. The molecule has 1 amide bonds. The Kier molecular flexibility index (Phi) is 5.60. The number of hydrogen-bond acceptors (Lipinski definition) is 5. The summed E-state index contributed by atoms with van der Waals surface area (Å²) in [6.07, 6.45) is 0. The summed E-state index contributed by atoms with van der Waals surface area (Å²) in [6, 6.07) is 8.74. The lowest BCUT2D eigenvalue weighted by molar-refractivity contribution is -0.380. The number of carbonyl (C=O) groups excluding carboxylic acids is 1. The van der Waals surface area contributed by atoms with Crippen LogP contribution in [0.25, 0.3) is 0 Å². The highest BCUT2D eigenvalue weighted by Crippen LogP contribution is 2.22. The lowest BCUT2D eigenvalue weighted by Gasteiger charge is -2.04. The Hall–Kier alpha value is -1.57. The molecule has 8 heteroatoms. The molecule has 21 heavy (non-hydrogen) atoms. The van der Waals surface area contributed by atoms with Gasteiger partial charge in [-0.25, -0.2) is 0 Å². The number of nitrogens with one attached hydrogen (secondary N) is 1. The predicted molar refractivity (Wildman–Crippen MR) is 85.5 cm³/mol. The molecule has 1 N–H and O–H groups in total. The minimum atomic E-state index is -0.502. The molecule has 0 saturated heterocycles. The van der Waals surface area contributed by atoms with Crippen molar-refractivity contribution in [1.29, 1.82) is 0 Å². The van der Waals surface area contributed by atoms with Crippen LogP contribution in [-0.4, -0.2) is 23.1 Å². The zero-order valence-corrected chi connectivity index (χ0v) is 13.1. The highest BCUT2D eigenvalue weighted by atomic mass is 35.5. The summed E-state index contributed by atoms with van der Waals surface area (Å²) in [5.41, 5.74) is 0.322. The van der Waals surface area contributed by atoms with Gasteiger partial charge in [0.2, 0.25) is 0 Å². The summed E-state index contributed by atoms with van der Waals surface area (Å²) < 4.78 is 0. The van der Waals surface area contributed by atoms with Gasteiger partial charge in [-0.2, -0.15) is 0 Å². The van der Waals surface area contributed by atoms with Gasteiger partial charge in [-0.05, 0) is 24.3 Å². The maximum absolute atomic E-state index is 11.8. The van der Waals surface area contributed by atoms with Gasteiger partial charge in [0.25, 0.3) is 5.91 Å². The van der Waals surface area contributed by atoms with Gasteiger partial charge >= 0.3 is 5.00 Å². The zero-order chi connectivity index (χ0) is 15.2. The number of carbonyl (C=O) groups is 1. The van der Waals surface area contributed by atoms with Crippen LogP contribution in [0, 0.1) is 10.1 Å². The molecular weight excluding hydrogens is 332 g/mol. The van der Waals surface area contributed by atoms with E-state index in [1.807, 2.05) is 24.3 Å². The highest BCUT2D eigenvalue weighted by Gasteiger charge is 2.14. The maximum Gasteiger partial charge on any atom is 0.324 e. The number of nitrogens with zero attached hydrogens (tertiary/aromatic N) is 1. The largest absolute Gasteiger partial charge is 0.351 e. The quantitative estimate of drug-likeness (QED) is 0.375. The topological polar surface area (TPSA) is 72.2 Å². The molecule has 0 aliphatic carbocycles. The van der Waals surface area contributed by atoms with Crippen molar-refractivity contribution in [2.75, 3.05) is 12.3 Å². The van der Waals surface area contributed by atoms with Gasteiger partial charge in [-0.3, -0.25) is 14.9 Å². The van der Waals surface area contributed by atoms with Crippen LogP contribution in [0.5, 0.6) is 0 Å². The molecule has 1 heterocycles. The van der Waals surface area contributed by atoms with Gasteiger partial charge in [0, 0.05) is 33.7 Å². The van der Waals surface area contributed by atoms with E-state index in [1.54, 1.807) is 11.8 Å². The third-order valence-corrected chi connectivity index (χ3v) is 4.64. The van der Waals surface area contributed by atoms with E-state index >= 15 is 0 Å². The minimum absolute atomic E-state index is 0.0318. The summed E-state index contributed by atoms with van der Waals surface area (Å²) in [5, 5.41) is 15.4. The molecule has 1 aromatic heterocycles. The molecule has 5 nitrogen and oxygen atoms in total. The fourth-order valence-corrected chi connectivity index (χ4v) is 3.10. The molecule has 0 spiro atoms. The Balaban J connectivity index is 1.76. The van der Waals surface area contributed by atoms with E-state index in [9.17, 15) is 14.9 Å². The monoisotopic (exact) mass is 342 g/mol. The number of thioether (sulfide) groups is 1. The Morgan fingerprint density at radius 3 is 2.71 bits per heavy atom. The van der Waals surface area contributed by atoms with E-state index in [0.29, 0.717) is 22.9 Å². The van der Waals surface area contributed by atoms with Crippen molar-refractivity contribution in [3.05, 3.63) is 56.4 Å². The van der Waals surface area contributed by atoms with Gasteiger partial charge in [-0.15, -0.1) is 11.8 Å². The van der Waals surface area contributed by atoms with Crippen LogP contribution in [0.15, 0.2) is 40.6 Å². The van der Waals surface area contributed by atoms with Crippen LogP contribution in [0.3, 0.4) is 0 Å². The molecule has 0 saturated carbocycles. The van der Waals surface area contributed by atoms with Crippen molar-refractivity contribution in [2.45, 2.75) is 4.90 Å². The lowest BCUT2D eigenvalue weighted by Crippen LogP contribution is -2.25. The molecule has 0 atom stereocenters. The number of hydrogen-bond donors (Lipinski definition) is 1. The number of nitro groups is 1. The smallest absolute Gasteiger partial charge is 0.324 e. The summed E-state index contributed by atoms with van der Waals surface area (Å²) in [4.78, 5) is 22.9. The molecule has 0 bridgehead atoms. The average Bonchev–Trinajstić information content (AvgIpc) is 2.95. The van der Waals surface area contributed by atoms with Gasteiger partial charge in [0.15, 0.2) is 0 Å².